The van der Waals surface area contributed by atoms with Crippen LogP contribution in [-0.4, -0.2) is 61.3 Å². The summed E-state index contributed by atoms with van der Waals surface area (Å²) < 4.78 is 13.0. The van der Waals surface area contributed by atoms with Crippen molar-refractivity contribution in [3.8, 4) is 0 Å². The fraction of sp³-hybridized carbons (Fsp3) is 0.242. The maximum absolute atomic E-state index is 13.5. The number of aromatic nitrogens is 3. The van der Waals surface area contributed by atoms with E-state index in [9.17, 15) is 34.2 Å². The Bertz CT molecular complexity index is 1920. The summed E-state index contributed by atoms with van der Waals surface area (Å²) >= 11 is 0. The maximum Gasteiger partial charge on any atom is 0.338 e. The van der Waals surface area contributed by atoms with Crippen molar-refractivity contribution in [2.24, 2.45) is 0 Å². The highest BCUT2D eigenvalue weighted by molar-refractivity contribution is 5.96. The Hall–Kier alpha value is -5.33. The Morgan fingerprint density at radius 2 is 0.978 bits per heavy atom. The first-order valence-corrected chi connectivity index (χ1v) is 14.3. The Morgan fingerprint density at radius 1 is 0.600 bits per heavy atom. The van der Waals surface area contributed by atoms with Crippen LogP contribution in [0.4, 0.5) is 0 Å². The van der Waals surface area contributed by atoms with Gasteiger partial charge in [0.25, 0.3) is 0 Å². The third kappa shape index (κ3) is 6.61. The molecule has 0 spiro atoms. The molecule has 0 bridgehead atoms. The van der Waals surface area contributed by atoms with E-state index < -0.39 is 67.5 Å². The van der Waals surface area contributed by atoms with Crippen LogP contribution in [0.5, 0.6) is 0 Å². The van der Waals surface area contributed by atoms with E-state index in [0.29, 0.717) is 9.13 Å². The molecule has 0 saturated carbocycles. The monoisotopic (exact) mass is 613 g/mol. The summed E-state index contributed by atoms with van der Waals surface area (Å²) in [6.07, 6.45) is -2.63. The minimum absolute atomic E-state index is 0.112. The van der Waals surface area contributed by atoms with Gasteiger partial charge in [0.15, 0.2) is 0 Å². The Morgan fingerprint density at radius 3 is 1.36 bits per heavy atom. The average Bonchev–Trinajstić information content (AvgIpc) is 3.07. The van der Waals surface area contributed by atoms with E-state index in [1.165, 1.54) is 6.92 Å². The van der Waals surface area contributed by atoms with E-state index >= 15 is 0 Å². The second kappa shape index (κ2) is 13.5. The summed E-state index contributed by atoms with van der Waals surface area (Å²) in [7, 11) is 0. The summed E-state index contributed by atoms with van der Waals surface area (Å²) in [4.78, 5) is 65.5. The van der Waals surface area contributed by atoms with E-state index in [-0.39, 0.29) is 17.7 Å². The first-order chi connectivity index (χ1) is 21.7. The lowest BCUT2D eigenvalue weighted by atomic mass is 10.1. The quantitative estimate of drug-likeness (QED) is 0.212. The van der Waals surface area contributed by atoms with Gasteiger partial charge in [-0.25, -0.2) is 37.7 Å². The van der Waals surface area contributed by atoms with Crippen LogP contribution >= 0.6 is 0 Å². The number of ether oxygens (including phenoxy) is 2. The van der Waals surface area contributed by atoms with Crippen LogP contribution in [-0.2, 0) is 29.1 Å². The van der Waals surface area contributed by atoms with Gasteiger partial charge in [-0.05, 0) is 52.7 Å². The van der Waals surface area contributed by atoms with Crippen LogP contribution in [0.2, 0.25) is 0 Å². The molecule has 0 saturated heterocycles. The summed E-state index contributed by atoms with van der Waals surface area (Å²) in [6, 6.07) is 24.6. The largest absolute Gasteiger partial charge is 0.454 e. The standard InChI is InChI=1S/C33H31N3O9/c1-2-34-31(41)35(17-27(19-37)44-29(39)25-13-11-21-7-3-5-9-23(21)15-25)33(43)36(32(34)42)18-28(20-38)45-30(40)26-14-12-22-8-4-6-10-24(22)16-26/h3-16,27-28,37-38H,2,17-20H2,1H3. The van der Waals surface area contributed by atoms with Crippen LogP contribution in [0.15, 0.2) is 99.3 Å². The van der Waals surface area contributed by atoms with Crippen LogP contribution in [0.25, 0.3) is 21.5 Å². The highest BCUT2D eigenvalue weighted by Crippen LogP contribution is 2.18. The number of aliphatic hydroxyl groups is 2. The van der Waals surface area contributed by atoms with Gasteiger partial charge in [-0.1, -0.05) is 60.7 Å². The van der Waals surface area contributed by atoms with E-state index in [4.69, 9.17) is 9.47 Å². The number of hydrogen-bond acceptors (Lipinski definition) is 9. The molecule has 5 aromatic rings. The molecule has 0 amide bonds. The van der Waals surface area contributed by atoms with Gasteiger partial charge in [-0.2, -0.15) is 0 Å². The van der Waals surface area contributed by atoms with Gasteiger partial charge in [-0.15, -0.1) is 0 Å². The Kier molecular flexibility index (Phi) is 9.36. The lowest BCUT2D eigenvalue weighted by Crippen LogP contribution is -2.56. The van der Waals surface area contributed by atoms with Crippen molar-refractivity contribution in [1.82, 2.24) is 13.7 Å². The predicted molar refractivity (Wildman–Crippen MR) is 165 cm³/mol. The van der Waals surface area contributed by atoms with Crippen LogP contribution < -0.4 is 17.1 Å². The summed E-state index contributed by atoms with van der Waals surface area (Å²) in [5.41, 5.74) is -2.63. The van der Waals surface area contributed by atoms with Crippen molar-refractivity contribution in [1.29, 1.82) is 0 Å². The van der Waals surface area contributed by atoms with E-state index in [1.54, 1.807) is 36.4 Å². The molecule has 0 fully saturated rings. The van der Waals surface area contributed by atoms with Crippen LogP contribution in [0, 0.1) is 0 Å². The zero-order chi connectivity index (χ0) is 32.1. The molecule has 0 aliphatic heterocycles. The van der Waals surface area contributed by atoms with Gasteiger partial charge in [-0.3, -0.25) is 0 Å². The number of carbonyl (C=O) groups excluding carboxylic acids is 2. The van der Waals surface area contributed by atoms with E-state index in [1.807, 2.05) is 48.5 Å². The van der Waals surface area contributed by atoms with Crippen molar-refractivity contribution in [3.05, 3.63) is 128 Å². The van der Waals surface area contributed by atoms with Crippen molar-refractivity contribution >= 4 is 33.5 Å². The van der Waals surface area contributed by atoms with Crippen LogP contribution in [0.3, 0.4) is 0 Å². The number of rotatable bonds is 11. The van der Waals surface area contributed by atoms with Gasteiger partial charge in [0.05, 0.1) is 37.4 Å². The van der Waals surface area contributed by atoms with E-state index in [0.717, 1.165) is 26.1 Å². The molecule has 232 valence electrons. The molecule has 2 atom stereocenters. The van der Waals surface area contributed by atoms with Gasteiger partial charge >= 0.3 is 29.0 Å². The van der Waals surface area contributed by atoms with Crippen molar-refractivity contribution in [3.63, 3.8) is 0 Å². The molecule has 12 nitrogen and oxygen atoms in total. The molecule has 0 radical (unpaired) electrons. The zero-order valence-electron chi connectivity index (χ0n) is 24.4. The third-order valence-electron chi connectivity index (χ3n) is 7.40. The molecule has 0 aliphatic carbocycles. The number of carbonyl (C=O) groups is 2. The van der Waals surface area contributed by atoms with Crippen molar-refractivity contribution < 1.29 is 29.3 Å². The summed E-state index contributed by atoms with van der Waals surface area (Å²) in [6.45, 7) is -1.16. The minimum atomic E-state index is -1.31. The molecule has 5 rings (SSSR count). The first-order valence-electron chi connectivity index (χ1n) is 14.3. The van der Waals surface area contributed by atoms with Gasteiger partial charge in [0, 0.05) is 6.54 Å². The highest BCUT2D eigenvalue weighted by atomic mass is 16.6. The number of aliphatic hydroxyl groups excluding tert-OH is 2. The van der Waals surface area contributed by atoms with Gasteiger partial charge < -0.3 is 19.7 Å². The molecule has 2 unspecified atom stereocenters. The Balaban J connectivity index is 1.38. The fourth-order valence-corrected chi connectivity index (χ4v) is 5.01. The molecule has 0 aliphatic rings. The second-order valence-electron chi connectivity index (χ2n) is 10.4. The molecule has 1 aromatic heterocycles. The molecule has 45 heavy (non-hydrogen) atoms. The fourth-order valence-electron chi connectivity index (χ4n) is 5.01. The SMILES string of the molecule is CCn1c(=O)n(CC(CO)OC(=O)c2ccc3ccccc3c2)c(=O)n(CC(CO)OC(=O)c2ccc3ccccc3c2)c1=O. The first kappa shape index (κ1) is 31.1. The number of benzene rings is 4. The summed E-state index contributed by atoms with van der Waals surface area (Å²) in [5.74, 6) is -1.56. The smallest absolute Gasteiger partial charge is 0.338 e. The lowest BCUT2D eigenvalue weighted by Gasteiger charge is -2.20. The number of fused-ring (bicyclic) bond motifs is 2. The maximum atomic E-state index is 13.5. The zero-order valence-corrected chi connectivity index (χ0v) is 24.4. The normalized spacial score (nSPS) is 12.6. The lowest BCUT2D eigenvalue weighted by molar-refractivity contribution is 0.00547. The third-order valence-corrected chi connectivity index (χ3v) is 7.40. The minimum Gasteiger partial charge on any atom is -0.454 e. The molecule has 2 N–H and O–H groups in total. The molecule has 4 aromatic carbocycles. The highest BCUT2D eigenvalue weighted by Gasteiger charge is 2.24. The predicted octanol–water partition coefficient (Wildman–Crippen LogP) is 1.93. The van der Waals surface area contributed by atoms with Crippen LogP contribution in [0.1, 0.15) is 27.6 Å². The molecule has 1 heterocycles. The number of nitrogens with zero attached hydrogens (tertiary/aromatic N) is 3. The van der Waals surface area contributed by atoms with E-state index in [2.05, 4.69) is 0 Å². The topological polar surface area (TPSA) is 159 Å². The van der Waals surface area contributed by atoms with Crippen molar-refractivity contribution in [2.75, 3.05) is 13.2 Å². The molecular formula is C33H31N3O9. The Labute approximate surface area is 255 Å². The second-order valence-corrected chi connectivity index (χ2v) is 10.4. The van der Waals surface area contributed by atoms with Gasteiger partial charge in [0.1, 0.15) is 12.2 Å². The average molecular weight is 614 g/mol. The van der Waals surface area contributed by atoms with Gasteiger partial charge in [0.2, 0.25) is 0 Å². The molecule has 12 heteroatoms. The van der Waals surface area contributed by atoms with Crippen molar-refractivity contribution in [2.45, 2.75) is 38.8 Å². The number of esters is 2. The molecular weight excluding hydrogens is 582 g/mol. The summed E-state index contributed by atoms with van der Waals surface area (Å²) in [5, 5.41) is 23.4. The number of hydrogen-bond donors (Lipinski definition) is 2.